The molecule has 1 aliphatic heterocycles. The third-order valence-electron chi connectivity index (χ3n) is 2.90. The van der Waals surface area contributed by atoms with Gasteiger partial charge in [-0.1, -0.05) is 27.5 Å². The van der Waals surface area contributed by atoms with Gasteiger partial charge in [0, 0.05) is 9.50 Å². The lowest BCUT2D eigenvalue weighted by atomic mass is 10.1. The molecule has 1 heterocycles. The van der Waals surface area contributed by atoms with E-state index in [1.807, 2.05) is 6.07 Å². The van der Waals surface area contributed by atoms with Gasteiger partial charge in [-0.25, -0.2) is 4.99 Å². The van der Waals surface area contributed by atoms with Crippen molar-refractivity contribution in [1.82, 2.24) is 0 Å². The number of hydrazone groups is 1. The highest BCUT2D eigenvalue weighted by molar-refractivity contribution is 9.10. The van der Waals surface area contributed by atoms with E-state index in [1.165, 1.54) is 6.21 Å². The SMILES string of the molecule is O=C1C(/C=N\Nc2ccc(Cl)cc2)=Nc2ccc(Br)cc21. The van der Waals surface area contributed by atoms with Gasteiger partial charge in [-0.3, -0.25) is 10.2 Å². The minimum absolute atomic E-state index is 0.132. The fourth-order valence-electron chi connectivity index (χ4n) is 1.89. The Hall–Kier alpha value is -1.98. The fourth-order valence-corrected chi connectivity index (χ4v) is 2.37. The lowest BCUT2D eigenvalue weighted by Gasteiger charge is -1.99. The molecule has 0 fully saturated rings. The Bertz CT molecular complexity index is 769. The maximum Gasteiger partial charge on any atom is 0.215 e. The van der Waals surface area contributed by atoms with Crippen molar-refractivity contribution in [3.63, 3.8) is 0 Å². The number of anilines is 1. The number of rotatable bonds is 3. The van der Waals surface area contributed by atoms with Crippen molar-refractivity contribution in [1.29, 1.82) is 0 Å². The number of fused-ring (bicyclic) bond motifs is 1. The first-order chi connectivity index (χ1) is 10.1. The molecule has 0 saturated carbocycles. The summed E-state index contributed by atoms with van der Waals surface area (Å²) >= 11 is 9.14. The quantitative estimate of drug-likeness (QED) is 0.647. The van der Waals surface area contributed by atoms with Crippen molar-refractivity contribution in [3.05, 3.63) is 57.5 Å². The van der Waals surface area contributed by atoms with Gasteiger partial charge in [-0.05, 0) is 42.5 Å². The van der Waals surface area contributed by atoms with Crippen LogP contribution in [0.25, 0.3) is 0 Å². The highest BCUT2D eigenvalue weighted by Gasteiger charge is 2.23. The van der Waals surface area contributed by atoms with Gasteiger partial charge >= 0.3 is 0 Å². The fraction of sp³-hybridized carbons (Fsp3) is 0. The Balaban J connectivity index is 1.73. The Labute approximate surface area is 134 Å². The minimum Gasteiger partial charge on any atom is -0.287 e. The second kappa shape index (κ2) is 5.79. The lowest BCUT2D eigenvalue weighted by molar-refractivity contribution is 0.107. The molecule has 0 saturated heterocycles. The third kappa shape index (κ3) is 3.04. The second-order valence-electron chi connectivity index (χ2n) is 4.36. The van der Waals surface area contributed by atoms with E-state index in [0.717, 1.165) is 10.2 Å². The summed E-state index contributed by atoms with van der Waals surface area (Å²) < 4.78 is 0.849. The van der Waals surface area contributed by atoms with Crippen molar-refractivity contribution >= 4 is 56.6 Å². The predicted molar refractivity (Wildman–Crippen MR) is 89.1 cm³/mol. The topological polar surface area (TPSA) is 53.8 Å². The first-order valence-electron chi connectivity index (χ1n) is 6.11. The number of halogens is 2. The molecule has 0 atom stereocenters. The maximum absolute atomic E-state index is 12.1. The first kappa shape index (κ1) is 14.0. The molecular weight excluding hydrogens is 354 g/mol. The zero-order valence-electron chi connectivity index (χ0n) is 10.7. The Kier molecular flexibility index (Phi) is 3.86. The molecule has 1 N–H and O–H groups in total. The average molecular weight is 363 g/mol. The number of ketones is 1. The molecule has 0 spiro atoms. The van der Waals surface area contributed by atoms with E-state index < -0.39 is 0 Å². The second-order valence-corrected chi connectivity index (χ2v) is 5.72. The number of hydrogen-bond donors (Lipinski definition) is 1. The number of carbonyl (C=O) groups is 1. The Morgan fingerprint density at radius 2 is 1.95 bits per heavy atom. The lowest BCUT2D eigenvalue weighted by Crippen LogP contribution is -2.11. The van der Waals surface area contributed by atoms with E-state index in [-0.39, 0.29) is 5.78 Å². The van der Waals surface area contributed by atoms with Crippen molar-refractivity contribution in [2.45, 2.75) is 0 Å². The van der Waals surface area contributed by atoms with E-state index in [1.54, 1.807) is 36.4 Å². The number of hydrogen-bond acceptors (Lipinski definition) is 4. The Morgan fingerprint density at radius 1 is 1.19 bits per heavy atom. The number of Topliss-reactive ketones (excluding diaryl/α,β-unsaturated/α-hetero) is 1. The Morgan fingerprint density at radius 3 is 2.71 bits per heavy atom. The first-order valence-corrected chi connectivity index (χ1v) is 7.28. The number of nitrogens with one attached hydrogen (secondary N) is 1. The molecule has 21 heavy (non-hydrogen) atoms. The van der Waals surface area contributed by atoms with Gasteiger partial charge in [-0.15, -0.1) is 0 Å². The van der Waals surface area contributed by atoms with Crippen LogP contribution in [0.4, 0.5) is 11.4 Å². The van der Waals surface area contributed by atoms with Crippen molar-refractivity contribution in [2.24, 2.45) is 10.1 Å². The highest BCUT2D eigenvalue weighted by Crippen LogP contribution is 2.29. The molecule has 3 rings (SSSR count). The molecule has 0 unspecified atom stereocenters. The summed E-state index contributed by atoms with van der Waals surface area (Å²) in [6.45, 7) is 0. The molecule has 2 aromatic carbocycles. The number of benzene rings is 2. The summed E-state index contributed by atoms with van der Waals surface area (Å²) in [5.41, 5.74) is 5.16. The summed E-state index contributed by atoms with van der Waals surface area (Å²) in [7, 11) is 0. The van der Waals surface area contributed by atoms with E-state index in [9.17, 15) is 4.79 Å². The molecule has 0 bridgehead atoms. The number of nitrogens with zero attached hydrogens (tertiary/aromatic N) is 2. The van der Waals surface area contributed by atoms with Gasteiger partial charge in [0.15, 0.2) is 0 Å². The van der Waals surface area contributed by atoms with Crippen LogP contribution < -0.4 is 5.43 Å². The van der Waals surface area contributed by atoms with Crippen LogP contribution in [0.15, 0.2) is 57.0 Å². The van der Waals surface area contributed by atoms with Crippen LogP contribution in [0.3, 0.4) is 0 Å². The molecule has 6 heteroatoms. The normalized spacial score (nSPS) is 13.4. The number of carbonyl (C=O) groups excluding carboxylic acids is 1. The van der Waals surface area contributed by atoms with Crippen LogP contribution in [0.2, 0.25) is 5.02 Å². The van der Waals surface area contributed by atoms with Gasteiger partial charge in [0.1, 0.15) is 5.71 Å². The van der Waals surface area contributed by atoms with Gasteiger partial charge in [0.05, 0.1) is 23.2 Å². The van der Waals surface area contributed by atoms with E-state index in [2.05, 4.69) is 31.4 Å². The van der Waals surface area contributed by atoms with Crippen LogP contribution >= 0.6 is 27.5 Å². The van der Waals surface area contributed by atoms with Crippen LogP contribution in [0.1, 0.15) is 10.4 Å². The van der Waals surface area contributed by atoms with Crippen molar-refractivity contribution < 1.29 is 4.79 Å². The van der Waals surface area contributed by atoms with Crippen LogP contribution in [0.5, 0.6) is 0 Å². The van der Waals surface area contributed by atoms with Gasteiger partial charge < -0.3 is 0 Å². The standard InChI is InChI=1S/C15H9BrClN3O/c16-9-1-6-13-12(7-9)15(21)14(19-13)8-18-20-11-4-2-10(17)3-5-11/h1-8,20H/b18-8-. The van der Waals surface area contributed by atoms with Gasteiger partial charge in [0.2, 0.25) is 5.78 Å². The van der Waals surface area contributed by atoms with E-state index in [0.29, 0.717) is 22.0 Å². The van der Waals surface area contributed by atoms with E-state index in [4.69, 9.17) is 11.6 Å². The molecule has 0 aromatic heterocycles. The van der Waals surface area contributed by atoms with Crippen LogP contribution in [0, 0.1) is 0 Å². The van der Waals surface area contributed by atoms with Gasteiger partial charge in [-0.2, -0.15) is 5.10 Å². The monoisotopic (exact) mass is 361 g/mol. The van der Waals surface area contributed by atoms with Crippen molar-refractivity contribution in [3.8, 4) is 0 Å². The molecule has 0 radical (unpaired) electrons. The van der Waals surface area contributed by atoms with Crippen molar-refractivity contribution in [2.75, 3.05) is 5.43 Å². The smallest absolute Gasteiger partial charge is 0.215 e. The van der Waals surface area contributed by atoms with Crippen LogP contribution in [-0.4, -0.2) is 17.7 Å². The summed E-state index contributed by atoms with van der Waals surface area (Å²) in [4.78, 5) is 16.4. The molecule has 2 aromatic rings. The average Bonchev–Trinajstić information content (AvgIpc) is 2.78. The highest BCUT2D eigenvalue weighted by atomic mass is 79.9. The zero-order valence-corrected chi connectivity index (χ0v) is 13.0. The maximum atomic E-state index is 12.1. The molecule has 104 valence electrons. The van der Waals surface area contributed by atoms with Gasteiger partial charge in [0.25, 0.3) is 0 Å². The minimum atomic E-state index is -0.132. The molecular formula is C15H9BrClN3O. The molecule has 0 amide bonds. The van der Waals surface area contributed by atoms with Crippen LogP contribution in [-0.2, 0) is 0 Å². The summed E-state index contributed by atoms with van der Waals surface area (Å²) in [6.07, 6.45) is 1.42. The largest absolute Gasteiger partial charge is 0.287 e. The predicted octanol–water partition coefficient (Wildman–Crippen LogP) is 4.47. The molecule has 0 aliphatic carbocycles. The zero-order chi connectivity index (χ0) is 14.8. The summed E-state index contributed by atoms with van der Waals surface area (Å²) in [5, 5.41) is 4.68. The molecule has 4 nitrogen and oxygen atoms in total. The molecule has 1 aliphatic rings. The van der Waals surface area contributed by atoms with E-state index >= 15 is 0 Å². The summed E-state index contributed by atoms with van der Waals surface area (Å²) in [6, 6.07) is 12.5. The summed E-state index contributed by atoms with van der Waals surface area (Å²) in [5.74, 6) is -0.132. The number of aliphatic imine (C=N–C) groups is 1. The third-order valence-corrected chi connectivity index (χ3v) is 3.65.